The monoisotopic (exact) mass is 448 g/mol. The van der Waals surface area contributed by atoms with Gasteiger partial charge in [-0.1, -0.05) is 12.1 Å². The minimum absolute atomic E-state index is 0.0932. The molecular formula is C27H36N4O2. The molecule has 0 atom stereocenters. The average molecular weight is 449 g/mol. The lowest BCUT2D eigenvalue weighted by molar-refractivity contribution is -0.146. The van der Waals surface area contributed by atoms with Gasteiger partial charge in [-0.15, -0.1) is 0 Å². The van der Waals surface area contributed by atoms with Crippen LogP contribution < -0.4 is 5.32 Å². The zero-order chi connectivity index (χ0) is 22.8. The molecule has 6 heteroatoms. The Kier molecular flexibility index (Phi) is 6.42. The van der Waals surface area contributed by atoms with E-state index >= 15 is 0 Å². The molecule has 0 unspecified atom stereocenters. The van der Waals surface area contributed by atoms with E-state index in [9.17, 15) is 9.59 Å². The molecule has 0 radical (unpaired) electrons. The molecule has 1 N–H and O–H groups in total. The number of piperazine rings is 1. The molecule has 176 valence electrons. The number of hydrogen-bond donors (Lipinski definition) is 1. The summed E-state index contributed by atoms with van der Waals surface area (Å²) in [4.78, 5) is 30.0. The van der Waals surface area contributed by atoms with E-state index in [-0.39, 0.29) is 17.2 Å². The second-order valence-electron chi connectivity index (χ2n) is 11.0. The van der Waals surface area contributed by atoms with Gasteiger partial charge in [0.25, 0.3) is 0 Å². The van der Waals surface area contributed by atoms with Crippen LogP contribution in [0.15, 0.2) is 24.3 Å². The van der Waals surface area contributed by atoms with Crippen LogP contribution in [0.25, 0.3) is 0 Å². The predicted molar refractivity (Wildman–Crippen MR) is 126 cm³/mol. The highest BCUT2D eigenvalue weighted by Gasteiger charge is 2.54. The van der Waals surface area contributed by atoms with E-state index in [1.807, 2.05) is 29.2 Å². The number of carbonyl (C=O) groups excluding carboxylic acids is 2. The number of hydrogen-bond acceptors (Lipinski definition) is 4. The van der Waals surface area contributed by atoms with Crippen LogP contribution in [0.2, 0.25) is 0 Å². The number of rotatable bonds is 7. The van der Waals surface area contributed by atoms with Gasteiger partial charge in [0.1, 0.15) is 0 Å². The van der Waals surface area contributed by atoms with E-state index in [4.69, 9.17) is 5.26 Å². The van der Waals surface area contributed by atoms with Crippen LogP contribution in [0.5, 0.6) is 0 Å². The number of nitrogens with zero attached hydrogens (tertiary/aromatic N) is 3. The average Bonchev–Trinajstić information content (AvgIpc) is 2.81. The van der Waals surface area contributed by atoms with Crippen LogP contribution in [0.4, 0.5) is 0 Å². The Balaban J connectivity index is 1.00. The van der Waals surface area contributed by atoms with E-state index in [1.165, 1.54) is 24.8 Å². The lowest BCUT2D eigenvalue weighted by atomic mass is 9.49. The molecule has 1 aliphatic heterocycles. The third-order valence-electron chi connectivity index (χ3n) is 8.59. The maximum absolute atomic E-state index is 13.0. The fourth-order valence-electron chi connectivity index (χ4n) is 7.27. The number of amides is 2. The van der Waals surface area contributed by atoms with Crippen molar-refractivity contribution in [2.24, 2.45) is 23.2 Å². The number of nitrogens with one attached hydrogen (secondary N) is 1. The molecule has 2 amide bonds. The van der Waals surface area contributed by atoms with Crippen LogP contribution >= 0.6 is 0 Å². The maximum Gasteiger partial charge on any atom is 0.226 e. The first-order valence-corrected chi connectivity index (χ1v) is 12.8. The number of carbonyl (C=O) groups is 2. The summed E-state index contributed by atoms with van der Waals surface area (Å²) in [5.74, 6) is 2.81. The Morgan fingerprint density at radius 3 is 2.15 bits per heavy atom. The molecule has 1 aromatic carbocycles. The Bertz CT molecular complexity index is 876. The van der Waals surface area contributed by atoms with Gasteiger partial charge in [-0.05, 0) is 80.4 Å². The van der Waals surface area contributed by atoms with Gasteiger partial charge >= 0.3 is 0 Å². The summed E-state index contributed by atoms with van der Waals surface area (Å²) in [6, 6.07) is 9.88. The summed E-state index contributed by atoms with van der Waals surface area (Å²) in [7, 11) is 0. The highest BCUT2D eigenvalue weighted by atomic mass is 16.2. The first kappa shape index (κ1) is 22.4. The van der Waals surface area contributed by atoms with Crippen LogP contribution in [0, 0.1) is 34.5 Å². The van der Waals surface area contributed by atoms with Crippen LogP contribution in [-0.2, 0) is 16.1 Å². The minimum Gasteiger partial charge on any atom is -0.356 e. The molecule has 1 aromatic rings. The normalized spacial score (nSPS) is 30.8. The Hall–Kier alpha value is -2.39. The quantitative estimate of drug-likeness (QED) is 0.650. The molecule has 5 aliphatic rings. The molecule has 1 heterocycles. The van der Waals surface area contributed by atoms with Crippen molar-refractivity contribution in [1.29, 1.82) is 5.26 Å². The third kappa shape index (κ3) is 4.94. The Morgan fingerprint density at radius 2 is 1.58 bits per heavy atom. The van der Waals surface area contributed by atoms with Gasteiger partial charge < -0.3 is 10.2 Å². The van der Waals surface area contributed by atoms with Gasteiger partial charge in [0.2, 0.25) is 11.8 Å². The number of benzene rings is 1. The Labute approximate surface area is 197 Å². The molecule has 0 aromatic heterocycles. The molecule has 6 nitrogen and oxygen atoms in total. The molecule has 4 aliphatic carbocycles. The van der Waals surface area contributed by atoms with Crippen molar-refractivity contribution in [2.45, 2.75) is 57.9 Å². The molecule has 33 heavy (non-hydrogen) atoms. The first-order valence-electron chi connectivity index (χ1n) is 12.8. The van der Waals surface area contributed by atoms with Gasteiger partial charge in [-0.2, -0.15) is 5.26 Å². The summed E-state index contributed by atoms with van der Waals surface area (Å²) in [6.45, 7) is 4.72. The van der Waals surface area contributed by atoms with Gasteiger partial charge in [0, 0.05) is 51.1 Å². The van der Waals surface area contributed by atoms with Crippen molar-refractivity contribution in [2.75, 3.05) is 32.7 Å². The first-order chi connectivity index (χ1) is 16.0. The van der Waals surface area contributed by atoms with Crippen molar-refractivity contribution in [3.63, 3.8) is 0 Å². The largest absolute Gasteiger partial charge is 0.356 e. The van der Waals surface area contributed by atoms with Gasteiger partial charge in [-0.25, -0.2) is 0 Å². The molecule has 4 saturated carbocycles. The second-order valence-corrected chi connectivity index (χ2v) is 11.0. The Morgan fingerprint density at radius 1 is 0.970 bits per heavy atom. The number of nitriles is 1. The van der Waals surface area contributed by atoms with E-state index in [1.54, 1.807) is 0 Å². The SMILES string of the molecule is N#Cc1ccc(CN2CCN(C(=O)CCCNC(=O)C34CC5CC(CC(C5)C3)C4)CC2)cc1. The minimum atomic E-state index is -0.0932. The molecule has 5 fully saturated rings. The summed E-state index contributed by atoms with van der Waals surface area (Å²) in [5.41, 5.74) is 1.79. The predicted octanol–water partition coefficient (Wildman–Crippen LogP) is 3.32. The summed E-state index contributed by atoms with van der Waals surface area (Å²) in [5, 5.41) is 12.1. The van der Waals surface area contributed by atoms with Crippen LogP contribution in [0.1, 0.15) is 62.5 Å². The fourth-order valence-corrected chi connectivity index (χ4v) is 7.27. The summed E-state index contributed by atoms with van der Waals surface area (Å²) >= 11 is 0. The highest BCUT2D eigenvalue weighted by Crippen LogP contribution is 2.60. The third-order valence-corrected chi connectivity index (χ3v) is 8.59. The summed E-state index contributed by atoms with van der Waals surface area (Å²) in [6.07, 6.45) is 8.56. The van der Waals surface area contributed by atoms with Gasteiger partial charge in [0.15, 0.2) is 0 Å². The van der Waals surface area contributed by atoms with Crippen molar-refractivity contribution < 1.29 is 9.59 Å². The topological polar surface area (TPSA) is 76.4 Å². The van der Waals surface area contributed by atoms with E-state index < -0.39 is 0 Å². The molecular weight excluding hydrogens is 412 g/mol. The molecule has 4 bridgehead atoms. The van der Waals surface area contributed by atoms with Crippen molar-refractivity contribution in [1.82, 2.24) is 15.1 Å². The standard InChI is InChI=1S/C27H36N4O2/c28-18-20-3-5-21(6-4-20)19-30-8-10-31(11-9-30)25(32)2-1-7-29-26(33)27-15-22-12-23(16-27)14-24(13-22)17-27/h3-6,22-24H,1-2,7-17,19H2,(H,29,33). The van der Waals surface area contributed by atoms with E-state index in [2.05, 4.69) is 16.3 Å². The van der Waals surface area contributed by atoms with Gasteiger partial charge in [0.05, 0.1) is 11.6 Å². The van der Waals surface area contributed by atoms with Crippen LogP contribution in [-0.4, -0.2) is 54.3 Å². The van der Waals surface area contributed by atoms with E-state index in [0.29, 0.717) is 18.5 Å². The van der Waals surface area contributed by atoms with Crippen molar-refractivity contribution in [3.05, 3.63) is 35.4 Å². The zero-order valence-corrected chi connectivity index (χ0v) is 19.6. The zero-order valence-electron chi connectivity index (χ0n) is 19.6. The maximum atomic E-state index is 13.0. The van der Waals surface area contributed by atoms with Crippen molar-refractivity contribution in [3.8, 4) is 6.07 Å². The molecule has 0 spiro atoms. The fraction of sp³-hybridized carbons (Fsp3) is 0.667. The lowest BCUT2D eigenvalue weighted by Gasteiger charge is -2.55. The smallest absolute Gasteiger partial charge is 0.226 e. The molecule has 1 saturated heterocycles. The van der Waals surface area contributed by atoms with Crippen molar-refractivity contribution >= 4 is 11.8 Å². The highest BCUT2D eigenvalue weighted by molar-refractivity contribution is 5.83. The lowest BCUT2D eigenvalue weighted by Crippen LogP contribution is -2.53. The second kappa shape index (κ2) is 9.46. The van der Waals surface area contributed by atoms with Crippen LogP contribution in [0.3, 0.4) is 0 Å². The molecule has 6 rings (SSSR count). The van der Waals surface area contributed by atoms with E-state index in [0.717, 1.165) is 76.2 Å². The summed E-state index contributed by atoms with van der Waals surface area (Å²) < 4.78 is 0. The van der Waals surface area contributed by atoms with Gasteiger partial charge in [-0.3, -0.25) is 14.5 Å².